The van der Waals surface area contributed by atoms with E-state index in [1.807, 2.05) is 6.07 Å². The van der Waals surface area contributed by atoms with Crippen molar-refractivity contribution < 1.29 is 0 Å². The third-order valence-corrected chi connectivity index (χ3v) is 6.47. The van der Waals surface area contributed by atoms with Crippen LogP contribution < -0.4 is 0 Å². The lowest BCUT2D eigenvalue weighted by atomic mass is 9.93. The molecule has 0 unspecified atom stereocenters. The van der Waals surface area contributed by atoms with Gasteiger partial charge >= 0.3 is 0 Å². The van der Waals surface area contributed by atoms with Crippen LogP contribution in [0.5, 0.6) is 0 Å². The highest BCUT2D eigenvalue weighted by Gasteiger charge is 2.40. The number of rotatable bonds is 2. The van der Waals surface area contributed by atoms with Crippen LogP contribution in [0.1, 0.15) is 48.9 Å². The van der Waals surface area contributed by atoms with E-state index >= 15 is 0 Å². The third kappa shape index (κ3) is 3.12. The molecule has 1 saturated heterocycles. The Hall–Kier alpha value is -1.35. The normalized spacial score (nSPS) is 26.6. The van der Waals surface area contributed by atoms with Crippen molar-refractivity contribution >= 4 is 11.6 Å². The Kier molecular flexibility index (Phi) is 4.39. The first-order chi connectivity index (χ1) is 12.0. The highest BCUT2D eigenvalue weighted by atomic mass is 35.5. The average molecular weight is 355 g/mol. The summed E-state index contributed by atoms with van der Waals surface area (Å²) in [5.41, 5.74) is 4.52. The van der Waals surface area contributed by atoms with Crippen molar-refractivity contribution in [3.8, 4) is 0 Å². The monoisotopic (exact) mass is 354 g/mol. The van der Waals surface area contributed by atoms with Gasteiger partial charge in [0.2, 0.25) is 0 Å². The van der Waals surface area contributed by atoms with Gasteiger partial charge < -0.3 is 0 Å². The summed E-state index contributed by atoms with van der Waals surface area (Å²) in [6, 6.07) is 17.9. The highest BCUT2D eigenvalue weighted by Crippen LogP contribution is 2.48. The fourth-order valence-electron chi connectivity index (χ4n) is 4.52. The lowest BCUT2D eigenvalue weighted by Crippen LogP contribution is -2.58. The number of hydrogen-bond donors (Lipinski definition) is 0. The van der Waals surface area contributed by atoms with Crippen LogP contribution in [-0.4, -0.2) is 42.0 Å². The molecule has 0 saturated carbocycles. The molecule has 0 radical (unpaired) electrons. The van der Waals surface area contributed by atoms with E-state index in [9.17, 15) is 0 Å². The molecule has 1 heterocycles. The number of likely N-dealkylation sites (N-methyl/N-ethyl adjacent to an activating group) is 1. The number of fused-ring (bicyclic) bond motifs is 1. The molecule has 2 atom stereocenters. The van der Waals surface area contributed by atoms with E-state index in [1.54, 1.807) is 0 Å². The predicted molar refractivity (Wildman–Crippen MR) is 105 cm³/mol. The molecule has 1 aliphatic heterocycles. The molecule has 1 aliphatic carbocycles. The van der Waals surface area contributed by atoms with Gasteiger partial charge in [0.05, 0.1) is 0 Å². The average Bonchev–Trinajstić information content (AvgIpc) is 2.97. The van der Waals surface area contributed by atoms with Gasteiger partial charge in [0.15, 0.2) is 0 Å². The Balaban J connectivity index is 1.70. The summed E-state index contributed by atoms with van der Waals surface area (Å²) in [7, 11) is 2.24. The van der Waals surface area contributed by atoms with Crippen LogP contribution >= 0.6 is 11.6 Å². The van der Waals surface area contributed by atoms with Gasteiger partial charge in [0.1, 0.15) is 0 Å². The van der Waals surface area contributed by atoms with Crippen molar-refractivity contribution in [2.75, 3.05) is 26.7 Å². The quantitative estimate of drug-likeness (QED) is 0.753. The standard InChI is InChI=1S/C22H27ClN2/c1-22(2)15-25(12-11-24(22)3)21-14-19(16-7-5-4-6-8-16)18-10-9-17(23)13-20(18)21/h4-10,13,19,21H,11-12,14-15H2,1-3H3/t19-,21-/m0/s1. The number of halogens is 1. The van der Waals surface area contributed by atoms with Crippen LogP contribution in [0, 0.1) is 0 Å². The van der Waals surface area contributed by atoms with Crippen molar-refractivity contribution in [2.45, 2.75) is 37.8 Å². The zero-order valence-corrected chi connectivity index (χ0v) is 16.1. The van der Waals surface area contributed by atoms with Gasteiger partial charge in [-0.1, -0.05) is 48.0 Å². The summed E-state index contributed by atoms with van der Waals surface area (Å²) in [4.78, 5) is 5.16. The second-order valence-corrected chi connectivity index (χ2v) is 8.63. The fraction of sp³-hybridized carbons (Fsp3) is 0.455. The molecule has 2 aliphatic rings. The maximum absolute atomic E-state index is 6.37. The van der Waals surface area contributed by atoms with Crippen LogP contribution in [0.25, 0.3) is 0 Å². The minimum atomic E-state index is 0.210. The Morgan fingerprint density at radius 1 is 1.00 bits per heavy atom. The molecule has 0 bridgehead atoms. The molecule has 0 aromatic heterocycles. The molecule has 0 spiro atoms. The smallest absolute Gasteiger partial charge is 0.0409 e. The summed E-state index contributed by atoms with van der Waals surface area (Å²) in [6.45, 7) is 8.04. The zero-order valence-electron chi connectivity index (χ0n) is 15.4. The van der Waals surface area contributed by atoms with Gasteiger partial charge in [-0.25, -0.2) is 0 Å². The maximum Gasteiger partial charge on any atom is 0.0409 e. The predicted octanol–water partition coefficient (Wildman–Crippen LogP) is 4.94. The van der Waals surface area contributed by atoms with Crippen molar-refractivity contribution in [2.24, 2.45) is 0 Å². The number of benzene rings is 2. The fourth-order valence-corrected chi connectivity index (χ4v) is 4.70. The van der Waals surface area contributed by atoms with Crippen molar-refractivity contribution in [3.05, 3.63) is 70.2 Å². The third-order valence-electron chi connectivity index (χ3n) is 6.23. The Morgan fingerprint density at radius 2 is 1.76 bits per heavy atom. The van der Waals surface area contributed by atoms with Gasteiger partial charge in [0.25, 0.3) is 0 Å². The molecule has 25 heavy (non-hydrogen) atoms. The lowest BCUT2D eigenvalue weighted by molar-refractivity contribution is 0.0158. The molecule has 0 amide bonds. The topological polar surface area (TPSA) is 6.48 Å². The minimum Gasteiger partial charge on any atom is -0.299 e. The van der Waals surface area contributed by atoms with Crippen molar-refractivity contribution in [3.63, 3.8) is 0 Å². The summed E-state index contributed by atoms with van der Waals surface area (Å²) in [5.74, 6) is 0.473. The van der Waals surface area contributed by atoms with Gasteiger partial charge in [0, 0.05) is 42.2 Å². The van der Waals surface area contributed by atoms with Crippen LogP contribution in [0.4, 0.5) is 0 Å². The molecule has 2 aromatic rings. The highest BCUT2D eigenvalue weighted by molar-refractivity contribution is 6.30. The summed E-state index contributed by atoms with van der Waals surface area (Å²) in [5, 5.41) is 0.853. The van der Waals surface area contributed by atoms with Gasteiger partial charge in [-0.3, -0.25) is 9.80 Å². The number of nitrogens with zero attached hydrogens (tertiary/aromatic N) is 2. The minimum absolute atomic E-state index is 0.210. The first-order valence-corrected chi connectivity index (χ1v) is 9.63. The molecule has 1 fully saturated rings. The second-order valence-electron chi connectivity index (χ2n) is 8.19. The van der Waals surface area contributed by atoms with Crippen molar-refractivity contribution in [1.82, 2.24) is 9.80 Å². The molecule has 3 heteroatoms. The second kappa shape index (κ2) is 6.42. The van der Waals surface area contributed by atoms with Crippen LogP contribution in [0.2, 0.25) is 5.02 Å². The van der Waals surface area contributed by atoms with Crippen LogP contribution in [-0.2, 0) is 0 Å². The van der Waals surface area contributed by atoms with Gasteiger partial charge in [-0.15, -0.1) is 0 Å². The van der Waals surface area contributed by atoms with Gasteiger partial charge in [-0.05, 0) is 56.1 Å². The molecular formula is C22H27ClN2. The summed E-state index contributed by atoms with van der Waals surface area (Å²) >= 11 is 6.37. The molecule has 132 valence electrons. The first-order valence-electron chi connectivity index (χ1n) is 9.25. The summed E-state index contributed by atoms with van der Waals surface area (Å²) in [6.07, 6.45) is 1.15. The Morgan fingerprint density at radius 3 is 2.48 bits per heavy atom. The largest absolute Gasteiger partial charge is 0.299 e. The van der Waals surface area contributed by atoms with E-state index in [1.165, 1.54) is 16.7 Å². The first kappa shape index (κ1) is 17.1. The lowest BCUT2D eigenvalue weighted by Gasteiger charge is -2.47. The SMILES string of the molecule is CN1CCN([C@H]2C[C@@H](c3ccccc3)c3ccc(Cl)cc32)CC1(C)C. The molecule has 4 rings (SSSR count). The Bertz CT molecular complexity index is 756. The number of piperazine rings is 1. The summed E-state index contributed by atoms with van der Waals surface area (Å²) < 4.78 is 0. The Labute approximate surface area is 156 Å². The van der Waals surface area contributed by atoms with Crippen molar-refractivity contribution in [1.29, 1.82) is 0 Å². The molecule has 0 N–H and O–H groups in total. The van der Waals surface area contributed by atoms with E-state index < -0.39 is 0 Å². The van der Waals surface area contributed by atoms with E-state index in [0.29, 0.717) is 12.0 Å². The van der Waals surface area contributed by atoms with Crippen LogP contribution in [0.3, 0.4) is 0 Å². The van der Waals surface area contributed by atoms with E-state index in [2.05, 4.69) is 73.2 Å². The molecule has 2 aromatic carbocycles. The van der Waals surface area contributed by atoms with E-state index in [-0.39, 0.29) is 5.54 Å². The zero-order chi connectivity index (χ0) is 17.6. The van der Waals surface area contributed by atoms with E-state index in [0.717, 1.165) is 31.1 Å². The van der Waals surface area contributed by atoms with E-state index in [4.69, 9.17) is 11.6 Å². The maximum atomic E-state index is 6.37. The van der Waals surface area contributed by atoms with Crippen LogP contribution in [0.15, 0.2) is 48.5 Å². The van der Waals surface area contributed by atoms with Gasteiger partial charge in [-0.2, -0.15) is 0 Å². The molecular weight excluding hydrogens is 328 g/mol. The number of hydrogen-bond acceptors (Lipinski definition) is 2. The molecule has 2 nitrogen and oxygen atoms in total.